The Labute approximate surface area is 229 Å². The van der Waals surface area contributed by atoms with E-state index in [-0.39, 0.29) is 11.3 Å². The van der Waals surface area contributed by atoms with Gasteiger partial charge in [-0.25, -0.2) is 18.6 Å². The number of rotatable bonds is 3. The largest absolute Gasteiger partial charge is 0.618 e. The highest BCUT2D eigenvalue weighted by molar-refractivity contribution is 6.33. The van der Waals surface area contributed by atoms with Crippen LogP contribution in [0.15, 0.2) is 60.8 Å². The van der Waals surface area contributed by atoms with E-state index in [0.29, 0.717) is 63.8 Å². The minimum Gasteiger partial charge on any atom is -0.618 e. The summed E-state index contributed by atoms with van der Waals surface area (Å²) in [7, 11) is 0. The van der Waals surface area contributed by atoms with E-state index in [1.54, 1.807) is 41.3 Å². The molecule has 2 aromatic carbocycles. The number of hydrogen-bond acceptors (Lipinski definition) is 5. The highest BCUT2D eigenvalue weighted by atomic mass is 35.5. The van der Waals surface area contributed by atoms with Crippen LogP contribution in [-0.2, 0) is 4.74 Å². The molecule has 1 aliphatic rings. The first-order valence-electron chi connectivity index (χ1n) is 12.5. The number of carbonyl (C=O) groups excluding carboxylic acids is 1. The van der Waals surface area contributed by atoms with Gasteiger partial charge >= 0.3 is 6.09 Å². The van der Waals surface area contributed by atoms with Crippen LogP contribution < -0.4 is 9.63 Å². The van der Waals surface area contributed by atoms with Gasteiger partial charge in [-0.05, 0) is 56.7 Å². The van der Waals surface area contributed by atoms with E-state index in [1.807, 2.05) is 25.7 Å². The van der Waals surface area contributed by atoms with Gasteiger partial charge in [0.1, 0.15) is 28.6 Å². The molecule has 202 valence electrons. The Morgan fingerprint density at radius 2 is 1.72 bits per heavy atom. The van der Waals surface area contributed by atoms with Crippen molar-refractivity contribution in [3.63, 3.8) is 0 Å². The molecule has 3 heterocycles. The molecular weight excluding hydrogens is 526 g/mol. The second-order valence-electron chi connectivity index (χ2n) is 10.3. The van der Waals surface area contributed by atoms with Gasteiger partial charge in [-0.1, -0.05) is 23.7 Å². The number of halogens is 3. The number of nitrogens with zero attached hydrogens (tertiary/aromatic N) is 4. The Bertz CT molecular complexity index is 1570. The minimum atomic E-state index is -0.735. The van der Waals surface area contributed by atoms with E-state index in [2.05, 4.69) is 0 Å². The van der Waals surface area contributed by atoms with Crippen molar-refractivity contribution < 1.29 is 23.0 Å². The number of ether oxygens (including phenoxy) is 1. The molecule has 0 spiro atoms. The number of carbonyl (C=O) groups is 1. The average molecular weight is 553 g/mol. The fourth-order valence-electron chi connectivity index (χ4n) is 4.65. The second-order valence-corrected chi connectivity index (χ2v) is 10.7. The maximum atomic E-state index is 15.1. The summed E-state index contributed by atoms with van der Waals surface area (Å²) in [5.74, 6) is -0.937. The van der Waals surface area contributed by atoms with Gasteiger partial charge in [-0.2, -0.15) is 4.73 Å². The zero-order valence-corrected chi connectivity index (χ0v) is 22.5. The maximum Gasteiger partial charge on any atom is 0.410 e. The molecule has 0 radical (unpaired) electrons. The highest BCUT2D eigenvalue weighted by Gasteiger charge is 2.28. The molecule has 10 heteroatoms. The number of amides is 1. The van der Waals surface area contributed by atoms with Crippen LogP contribution in [0.25, 0.3) is 33.3 Å². The molecule has 0 saturated carbocycles. The van der Waals surface area contributed by atoms with Crippen molar-refractivity contribution in [2.24, 2.45) is 0 Å². The second kappa shape index (κ2) is 10.3. The van der Waals surface area contributed by atoms with Crippen LogP contribution >= 0.6 is 11.6 Å². The molecule has 0 aliphatic carbocycles. The van der Waals surface area contributed by atoms with E-state index in [0.717, 1.165) is 6.07 Å². The van der Waals surface area contributed by atoms with E-state index < -0.39 is 23.3 Å². The minimum absolute atomic E-state index is 0.172. The molecule has 0 N–H and O–H groups in total. The molecule has 0 atom stereocenters. The molecule has 1 fully saturated rings. The topological polar surface area (TPSA) is 72.6 Å². The van der Waals surface area contributed by atoms with Gasteiger partial charge in [-0.3, -0.25) is 0 Å². The molecule has 5 rings (SSSR count). The van der Waals surface area contributed by atoms with Gasteiger partial charge in [-0.15, -0.1) is 0 Å². The van der Waals surface area contributed by atoms with Crippen LogP contribution in [0.2, 0.25) is 5.02 Å². The Hall–Kier alpha value is -3.98. The summed E-state index contributed by atoms with van der Waals surface area (Å²) >= 11 is 6.47. The molecule has 1 saturated heterocycles. The van der Waals surface area contributed by atoms with Gasteiger partial charge in [0.15, 0.2) is 6.20 Å². The lowest BCUT2D eigenvalue weighted by Gasteiger charge is -2.36. The van der Waals surface area contributed by atoms with Crippen molar-refractivity contribution >= 4 is 34.4 Å². The number of anilines is 1. The number of fused-ring (bicyclic) bond motifs is 1. The fourth-order valence-corrected chi connectivity index (χ4v) is 4.87. The number of benzene rings is 2. The first-order valence-corrected chi connectivity index (χ1v) is 12.9. The molecule has 2 aromatic heterocycles. The monoisotopic (exact) mass is 552 g/mol. The van der Waals surface area contributed by atoms with Crippen molar-refractivity contribution in [2.45, 2.75) is 26.4 Å². The van der Waals surface area contributed by atoms with Gasteiger partial charge in [0.25, 0.3) is 5.69 Å². The smallest absolute Gasteiger partial charge is 0.410 e. The van der Waals surface area contributed by atoms with Gasteiger partial charge < -0.3 is 19.7 Å². The van der Waals surface area contributed by atoms with E-state index >= 15 is 4.39 Å². The quantitative estimate of drug-likeness (QED) is 0.224. The fraction of sp³-hybridized carbons (Fsp3) is 0.276. The third-order valence-corrected chi connectivity index (χ3v) is 6.80. The predicted octanol–water partition coefficient (Wildman–Crippen LogP) is 6.19. The maximum absolute atomic E-state index is 15.1. The molecule has 4 aromatic rings. The lowest BCUT2D eigenvalue weighted by molar-refractivity contribution is -0.592. The van der Waals surface area contributed by atoms with Crippen molar-refractivity contribution in [3.05, 3.63) is 82.7 Å². The van der Waals surface area contributed by atoms with E-state index in [4.69, 9.17) is 21.3 Å². The molecule has 0 bridgehead atoms. The third-order valence-electron chi connectivity index (χ3n) is 6.47. The highest BCUT2D eigenvalue weighted by Crippen LogP contribution is 2.37. The molecule has 1 aliphatic heterocycles. The standard InChI is InChI=1S/C29H27ClF2N4O3/c1-29(2,3)39-28(37)35-14-12-34(13-15-35)25-17-22(19-9-8-18(31)16-24(19)32)20-10-11-36(38)27(26(20)33-25)21-6-4-5-7-23(21)30/h4-11,16-17H,12-15H2,1-3H3. The first kappa shape index (κ1) is 26.6. The summed E-state index contributed by atoms with van der Waals surface area (Å²) in [4.78, 5) is 21.0. The van der Waals surface area contributed by atoms with E-state index in [9.17, 15) is 14.4 Å². The van der Waals surface area contributed by atoms with Gasteiger partial charge in [0, 0.05) is 49.3 Å². The van der Waals surface area contributed by atoms with Gasteiger partial charge in [0.05, 0.1) is 10.6 Å². The van der Waals surface area contributed by atoms with Crippen LogP contribution in [0.4, 0.5) is 19.4 Å². The zero-order valence-electron chi connectivity index (χ0n) is 21.7. The molecule has 0 unspecified atom stereocenters. The van der Waals surface area contributed by atoms with Crippen molar-refractivity contribution in [3.8, 4) is 22.4 Å². The number of aromatic nitrogens is 2. The molecule has 7 nitrogen and oxygen atoms in total. The number of pyridine rings is 2. The normalized spacial score (nSPS) is 14.1. The average Bonchev–Trinajstić information content (AvgIpc) is 2.88. The number of hydrogen-bond donors (Lipinski definition) is 0. The van der Waals surface area contributed by atoms with Crippen LogP contribution in [0.3, 0.4) is 0 Å². The van der Waals surface area contributed by atoms with Gasteiger partial charge in [0.2, 0.25) is 0 Å². The summed E-state index contributed by atoms with van der Waals surface area (Å²) in [6, 6.07) is 13.6. The lowest BCUT2D eigenvalue weighted by atomic mass is 9.98. The Morgan fingerprint density at radius 3 is 2.38 bits per heavy atom. The molecular formula is C29H27ClF2N4O3. The van der Waals surface area contributed by atoms with E-state index in [1.165, 1.54) is 18.3 Å². The summed E-state index contributed by atoms with van der Waals surface area (Å²) in [5, 5.41) is 14.0. The van der Waals surface area contributed by atoms with Crippen LogP contribution in [0.5, 0.6) is 0 Å². The van der Waals surface area contributed by atoms with Crippen molar-refractivity contribution in [1.29, 1.82) is 0 Å². The summed E-state index contributed by atoms with van der Waals surface area (Å²) in [5.41, 5.74) is 1.04. The summed E-state index contributed by atoms with van der Waals surface area (Å²) in [6.45, 7) is 7.11. The number of piperazine rings is 1. The Morgan fingerprint density at radius 1 is 1.00 bits per heavy atom. The molecule has 1 amide bonds. The molecule has 39 heavy (non-hydrogen) atoms. The van der Waals surface area contributed by atoms with Crippen molar-refractivity contribution in [1.82, 2.24) is 9.88 Å². The van der Waals surface area contributed by atoms with Crippen LogP contribution in [0, 0.1) is 16.8 Å². The zero-order chi connectivity index (χ0) is 27.9. The van der Waals surface area contributed by atoms with Crippen molar-refractivity contribution in [2.75, 3.05) is 31.1 Å². The SMILES string of the molecule is CC(C)(C)OC(=O)N1CCN(c2cc(-c3ccc(F)cc3F)c3cc[n+]([O-])c(-c4ccccc4Cl)c3n2)CC1. The summed E-state index contributed by atoms with van der Waals surface area (Å²) < 4.78 is 35.0. The Balaban J connectivity index is 1.63. The first-order chi connectivity index (χ1) is 18.5. The predicted molar refractivity (Wildman–Crippen MR) is 147 cm³/mol. The summed E-state index contributed by atoms with van der Waals surface area (Å²) in [6.07, 6.45) is 0.934. The lowest BCUT2D eigenvalue weighted by Crippen LogP contribution is -2.50. The third kappa shape index (κ3) is 5.45. The van der Waals surface area contributed by atoms with Crippen LogP contribution in [-0.4, -0.2) is 47.8 Å². The van der Waals surface area contributed by atoms with Crippen LogP contribution in [0.1, 0.15) is 20.8 Å². The Kier molecular flexibility index (Phi) is 7.03.